The molecule has 0 saturated heterocycles. The number of nitrogens with zero attached hydrogens (tertiary/aromatic N) is 1. The summed E-state index contributed by atoms with van der Waals surface area (Å²) in [6, 6.07) is 10.2. The van der Waals surface area contributed by atoms with Crippen LogP contribution in [0.25, 0.3) is 0 Å². The molecule has 0 radical (unpaired) electrons. The van der Waals surface area contributed by atoms with E-state index in [9.17, 15) is 0 Å². The number of rotatable bonds is 4. The van der Waals surface area contributed by atoms with Crippen LogP contribution in [0, 0.1) is 0 Å². The van der Waals surface area contributed by atoms with Crippen LogP contribution >= 0.6 is 0 Å². The maximum atomic E-state index is 3.28. The van der Waals surface area contributed by atoms with E-state index in [1.54, 1.807) is 0 Å². The van der Waals surface area contributed by atoms with E-state index < -0.39 is 0 Å². The van der Waals surface area contributed by atoms with Gasteiger partial charge in [0, 0.05) is 24.8 Å². The highest BCUT2D eigenvalue weighted by Gasteiger charge is 2.18. The SMILES string of the molecule is CNC(C)c1ccc(N(C)C2CCCCC2)cc1. The highest BCUT2D eigenvalue weighted by Crippen LogP contribution is 2.26. The Morgan fingerprint density at radius 1 is 1.11 bits per heavy atom. The van der Waals surface area contributed by atoms with E-state index >= 15 is 0 Å². The third kappa shape index (κ3) is 3.05. The number of nitrogens with one attached hydrogen (secondary N) is 1. The van der Waals surface area contributed by atoms with Crippen LogP contribution < -0.4 is 10.2 Å². The molecule has 2 nitrogen and oxygen atoms in total. The van der Waals surface area contributed by atoms with Crippen molar-refractivity contribution in [2.45, 2.75) is 51.1 Å². The van der Waals surface area contributed by atoms with Gasteiger partial charge in [0.2, 0.25) is 0 Å². The average Bonchev–Trinajstić information content (AvgIpc) is 2.47. The zero-order chi connectivity index (χ0) is 13.0. The molecule has 0 amide bonds. The van der Waals surface area contributed by atoms with Crippen LogP contribution in [0.1, 0.15) is 50.6 Å². The fourth-order valence-corrected chi connectivity index (χ4v) is 2.84. The van der Waals surface area contributed by atoms with Crippen molar-refractivity contribution < 1.29 is 0 Å². The van der Waals surface area contributed by atoms with E-state index in [0.717, 1.165) is 6.04 Å². The molecule has 1 atom stereocenters. The summed E-state index contributed by atoms with van der Waals surface area (Å²) in [6.45, 7) is 2.19. The lowest BCUT2D eigenvalue weighted by Gasteiger charge is -2.33. The molecule has 100 valence electrons. The summed E-state index contributed by atoms with van der Waals surface area (Å²) in [6.07, 6.45) is 6.91. The molecule has 1 saturated carbocycles. The molecule has 2 rings (SSSR count). The first kappa shape index (κ1) is 13.4. The summed E-state index contributed by atoms with van der Waals surface area (Å²) in [5, 5.41) is 3.28. The Balaban J connectivity index is 2.03. The number of hydrogen-bond acceptors (Lipinski definition) is 2. The Morgan fingerprint density at radius 3 is 2.28 bits per heavy atom. The van der Waals surface area contributed by atoms with Crippen molar-refractivity contribution >= 4 is 5.69 Å². The lowest BCUT2D eigenvalue weighted by Crippen LogP contribution is -2.33. The van der Waals surface area contributed by atoms with Gasteiger partial charge in [-0.1, -0.05) is 31.4 Å². The van der Waals surface area contributed by atoms with Crippen molar-refractivity contribution in [3.63, 3.8) is 0 Å². The zero-order valence-electron chi connectivity index (χ0n) is 11.9. The predicted octanol–water partition coefficient (Wildman–Crippen LogP) is 3.74. The third-order valence-corrected chi connectivity index (χ3v) is 4.36. The molecule has 1 aromatic carbocycles. The Bertz CT molecular complexity index is 352. The van der Waals surface area contributed by atoms with Crippen molar-refractivity contribution in [3.05, 3.63) is 29.8 Å². The van der Waals surface area contributed by atoms with Gasteiger partial charge in [-0.05, 0) is 44.5 Å². The molecule has 2 heteroatoms. The summed E-state index contributed by atoms with van der Waals surface area (Å²) in [7, 11) is 4.25. The van der Waals surface area contributed by atoms with Gasteiger partial charge in [-0.3, -0.25) is 0 Å². The van der Waals surface area contributed by atoms with E-state index in [4.69, 9.17) is 0 Å². The minimum Gasteiger partial charge on any atom is -0.372 e. The van der Waals surface area contributed by atoms with Crippen LogP contribution in [-0.2, 0) is 0 Å². The van der Waals surface area contributed by atoms with E-state index in [0.29, 0.717) is 6.04 Å². The van der Waals surface area contributed by atoms with Crippen LogP contribution in [-0.4, -0.2) is 20.1 Å². The predicted molar refractivity (Wildman–Crippen MR) is 79.2 cm³/mol. The van der Waals surface area contributed by atoms with Crippen LogP contribution in [0.15, 0.2) is 24.3 Å². The van der Waals surface area contributed by atoms with Crippen LogP contribution in [0.2, 0.25) is 0 Å². The van der Waals surface area contributed by atoms with Gasteiger partial charge in [0.15, 0.2) is 0 Å². The molecule has 0 heterocycles. The van der Waals surface area contributed by atoms with Crippen molar-refractivity contribution in [2.75, 3.05) is 19.0 Å². The standard InChI is InChI=1S/C16H26N2/c1-13(17-2)14-9-11-16(12-10-14)18(3)15-7-5-4-6-8-15/h9-13,15,17H,4-8H2,1-3H3. The van der Waals surface area contributed by atoms with Gasteiger partial charge >= 0.3 is 0 Å². The average molecular weight is 246 g/mol. The quantitative estimate of drug-likeness (QED) is 0.870. The molecule has 0 aliphatic heterocycles. The highest BCUT2D eigenvalue weighted by atomic mass is 15.1. The molecule has 0 aromatic heterocycles. The van der Waals surface area contributed by atoms with Crippen LogP contribution in [0.4, 0.5) is 5.69 Å². The first-order valence-corrected chi connectivity index (χ1v) is 7.22. The Kier molecular flexibility index (Phi) is 4.65. The second kappa shape index (κ2) is 6.24. The number of benzene rings is 1. The Morgan fingerprint density at radius 2 is 1.72 bits per heavy atom. The number of hydrogen-bond donors (Lipinski definition) is 1. The van der Waals surface area contributed by atoms with Gasteiger partial charge in [0.05, 0.1) is 0 Å². The molecule has 1 aromatic rings. The number of anilines is 1. The van der Waals surface area contributed by atoms with Gasteiger partial charge in [0.25, 0.3) is 0 Å². The first-order chi connectivity index (χ1) is 8.72. The third-order valence-electron chi connectivity index (χ3n) is 4.36. The second-order valence-corrected chi connectivity index (χ2v) is 5.50. The van der Waals surface area contributed by atoms with Gasteiger partial charge < -0.3 is 10.2 Å². The minimum absolute atomic E-state index is 0.430. The normalized spacial score (nSPS) is 18.6. The van der Waals surface area contributed by atoms with Gasteiger partial charge in [-0.2, -0.15) is 0 Å². The monoisotopic (exact) mass is 246 g/mol. The zero-order valence-corrected chi connectivity index (χ0v) is 11.9. The molecular formula is C16H26N2. The van der Waals surface area contributed by atoms with Gasteiger partial charge in [0.1, 0.15) is 0 Å². The molecule has 1 N–H and O–H groups in total. The summed E-state index contributed by atoms with van der Waals surface area (Å²) in [5.41, 5.74) is 2.72. The summed E-state index contributed by atoms with van der Waals surface area (Å²) >= 11 is 0. The van der Waals surface area contributed by atoms with E-state index in [1.165, 1.54) is 43.4 Å². The molecule has 1 aliphatic carbocycles. The van der Waals surface area contributed by atoms with E-state index in [1.807, 2.05) is 7.05 Å². The fourth-order valence-electron chi connectivity index (χ4n) is 2.84. The smallest absolute Gasteiger partial charge is 0.0366 e. The molecule has 0 bridgehead atoms. The topological polar surface area (TPSA) is 15.3 Å². The van der Waals surface area contributed by atoms with Crippen molar-refractivity contribution in [2.24, 2.45) is 0 Å². The largest absolute Gasteiger partial charge is 0.372 e. The first-order valence-electron chi connectivity index (χ1n) is 7.22. The Hall–Kier alpha value is -1.02. The van der Waals surface area contributed by atoms with Gasteiger partial charge in [-0.15, -0.1) is 0 Å². The lowest BCUT2D eigenvalue weighted by molar-refractivity contribution is 0.427. The summed E-state index contributed by atoms with van der Waals surface area (Å²) in [5.74, 6) is 0. The lowest BCUT2D eigenvalue weighted by atomic mass is 9.94. The summed E-state index contributed by atoms with van der Waals surface area (Å²) in [4.78, 5) is 2.47. The minimum atomic E-state index is 0.430. The van der Waals surface area contributed by atoms with Crippen molar-refractivity contribution in [1.29, 1.82) is 0 Å². The molecule has 1 unspecified atom stereocenters. The fraction of sp³-hybridized carbons (Fsp3) is 0.625. The van der Waals surface area contributed by atoms with Crippen molar-refractivity contribution in [1.82, 2.24) is 5.32 Å². The molecule has 0 spiro atoms. The maximum absolute atomic E-state index is 3.28. The molecule has 18 heavy (non-hydrogen) atoms. The van der Waals surface area contributed by atoms with Crippen LogP contribution in [0.3, 0.4) is 0 Å². The second-order valence-electron chi connectivity index (χ2n) is 5.50. The van der Waals surface area contributed by atoms with Crippen molar-refractivity contribution in [3.8, 4) is 0 Å². The summed E-state index contributed by atoms with van der Waals surface area (Å²) < 4.78 is 0. The molecule has 1 fully saturated rings. The van der Waals surface area contributed by atoms with Gasteiger partial charge in [-0.25, -0.2) is 0 Å². The molecular weight excluding hydrogens is 220 g/mol. The molecule has 1 aliphatic rings. The maximum Gasteiger partial charge on any atom is 0.0366 e. The van der Waals surface area contributed by atoms with E-state index in [2.05, 4.69) is 48.5 Å². The van der Waals surface area contributed by atoms with Crippen LogP contribution in [0.5, 0.6) is 0 Å². The van der Waals surface area contributed by atoms with E-state index in [-0.39, 0.29) is 0 Å². The highest BCUT2D eigenvalue weighted by molar-refractivity contribution is 5.48. The Labute approximate surface area is 111 Å².